The van der Waals surface area contributed by atoms with Gasteiger partial charge in [-0.2, -0.15) is 0 Å². The Morgan fingerprint density at radius 1 is 0.947 bits per heavy atom. The lowest BCUT2D eigenvalue weighted by atomic mass is 10.1. The van der Waals surface area contributed by atoms with Gasteiger partial charge in [0.05, 0.1) is 17.4 Å². The average Bonchev–Trinajstić information content (AvgIpc) is 3.29. The number of rotatable bonds is 9. The maximum atomic E-state index is 12.4. The predicted octanol–water partition coefficient (Wildman–Crippen LogP) is 3.06. The standard InChI is InChI=1S/C26H22N4O8/c31-23(27-19-8-12-22(13-9-19)38-21-4-2-1-3-5-21)16-37-26(34)18-14-24(32)29(15-18)28-25(33)17-6-10-20(11-7-17)30(35)36/h1-13,18H,14-16H2,(H,27,31)(H,28,33)/t18-/m1/s1. The second-order valence-corrected chi connectivity index (χ2v) is 8.25. The molecule has 2 N–H and O–H groups in total. The summed E-state index contributed by atoms with van der Waals surface area (Å²) in [5.74, 6) is -2.12. The Bertz CT molecular complexity index is 1340. The minimum atomic E-state index is -0.873. The first kappa shape index (κ1) is 25.8. The number of non-ortho nitro benzene ring substituents is 1. The number of benzene rings is 3. The highest BCUT2D eigenvalue weighted by Crippen LogP contribution is 2.23. The number of nitrogens with zero attached hydrogens (tertiary/aromatic N) is 2. The van der Waals surface area contributed by atoms with E-state index in [1.165, 1.54) is 24.3 Å². The summed E-state index contributed by atoms with van der Waals surface area (Å²) in [6.45, 7) is -0.693. The minimum absolute atomic E-state index is 0.103. The van der Waals surface area contributed by atoms with Crippen molar-refractivity contribution < 1.29 is 33.6 Å². The molecule has 0 aromatic heterocycles. The molecule has 3 aromatic carbocycles. The fraction of sp³-hybridized carbons (Fsp3) is 0.154. The van der Waals surface area contributed by atoms with Gasteiger partial charge in [0, 0.05) is 29.8 Å². The summed E-state index contributed by atoms with van der Waals surface area (Å²) >= 11 is 0. The second-order valence-electron chi connectivity index (χ2n) is 8.25. The zero-order chi connectivity index (χ0) is 27.1. The van der Waals surface area contributed by atoms with E-state index < -0.39 is 41.1 Å². The summed E-state index contributed by atoms with van der Waals surface area (Å²) in [5.41, 5.74) is 2.77. The Labute approximate surface area is 216 Å². The summed E-state index contributed by atoms with van der Waals surface area (Å²) in [4.78, 5) is 59.3. The fourth-order valence-corrected chi connectivity index (χ4v) is 3.58. The molecule has 12 nitrogen and oxygen atoms in total. The van der Waals surface area contributed by atoms with Crippen LogP contribution < -0.4 is 15.5 Å². The molecule has 1 atom stereocenters. The minimum Gasteiger partial charge on any atom is -0.457 e. The number of hydrogen-bond donors (Lipinski definition) is 2. The van der Waals surface area contributed by atoms with Gasteiger partial charge in [-0.1, -0.05) is 18.2 Å². The van der Waals surface area contributed by atoms with Crippen molar-refractivity contribution in [2.45, 2.75) is 6.42 Å². The second kappa shape index (κ2) is 11.6. The van der Waals surface area contributed by atoms with Crippen LogP contribution in [0.1, 0.15) is 16.8 Å². The normalized spacial score (nSPS) is 14.5. The van der Waals surface area contributed by atoms with Crippen molar-refractivity contribution in [3.63, 3.8) is 0 Å². The van der Waals surface area contributed by atoms with Gasteiger partial charge >= 0.3 is 5.97 Å². The van der Waals surface area contributed by atoms with E-state index in [2.05, 4.69) is 10.7 Å². The zero-order valence-electron chi connectivity index (χ0n) is 19.9. The smallest absolute Gasteiger partial charge is 0.311 e. The highest BCUT2D eigenvalue weighted by atomic mass is 16.6. The third-order valence-corrected chi connectivity index (χ3v) is 5.50. The molecule has 12 heteroatoms. The molecule has 1 aliphatic heterocycles. The third kappa shape index (κ3) is 6.69. The highest BCUT2D eigenvalue weighted by Gasteiger charge is 2.36. The Kier molecular flexibility index (Phi) is 7.92. The molecule has 0 radical (unpaired) electrons. The molecule has 0 saturated carbocycles. The van der Waals surface area contributed by atoms with E-state index in [0.29, 0.717) is 17.2 Å². The molecule has 1 saturated heterocycles. The number of nitrogens with one attached hydrogen (secondary N) is 2. The van der Waals surface area contributed by atoms with Crippen LogP contribution in [0.15, 0.2) is 78.9 Å². The molecule has 4 rings (SSSR count). The largest absolute Gasteiger partial charge is 0.457 e. The van der Waals surface area contributed by atoms with Gasteiger partial charge in [-0.15, -0.1) is 0 Å². The third-order valence-electron chi connectivity index (χ3n) is 5.50. The lowest BCUT2D eigenvalue weighted by Crippen LogP contribution is -2.43. The van der Waals surface area contributed by atoms with Crippen LogP contribution in [0.3, 0.4) is 0 Å². The Balaban J connectivity index is 1.22. The van der Waals surface area contributed by atoms with E-state index in [0.717, 1.165) is 5.01 Å². The first-order valence-corrected chi connectivity index (χ1v) is 11.4. The number of ether oxygens (including phenoxy) is 2. The number of nitro groups is 1. The number of para-hydroxylation sites is 1. The Morgan fingerprint density at radius 3 is 2.26 bits per heavy atom. The van der Waals surface area contributed by atoms with E-state index in [4.69, 9.17) is 9.47 Å². The van der Waals surface area contributed by atoms with Gasteiger partial charge in [-0.3, -0.25) is 39.7 Å². The Hall–Kier alpha value is -5.26. The molecule has 3 aromatic rings. The number of carbonyl (C=O) groups excluding carboxylic acids is 4. The van der Waals surface area contributed by atoms with E-state index in [-0.39, 0.29) is 24.2 Å². The van der Waals surface area contributed by atoms with Gasteiger partial charge < -0.3 is 14.8 Å². The van der Waals surface area contributed by atoms with Crippen LogP contribution in [0, 0.1) is 16.0 Å². The number of nitro benzene ring substituents is 1. The molecule has 1 aliphatic rings. The fourth-order valence-electron chi connectivity index (χ4n) is 3.58. The number of hydrazine groups is 1. The van der Waals surface area contributed by atoms with Crippen molar-refractivity contribution in [3.8, 4) is 11.5 Å². The van der Waals surface area contributed by atoms with Crippen LogP contribution in [0.4, 0.5) is 11.4 Å². The average molecular weight is 518 g/mol. The van der Waals surface area contributed by atoms with E-state index >= 15 is 0 Å². The molecule has 1 heterocycles. The van der Waals surface area contributed by atoms with Gasteiger partial charge in [-0.25, -0.2) is 0 Å². The summed E-state index contributed by atoms with van der Waals surface area (Å²) in [5, 5.41) is 14.3. The van der Waals surface area contributed by atoms with Crippen LogP contribution in [-0.2, 0) is 19.1 Å². The van der Waals surface area contributed by atoms with Crippen LogP contribution in [0.25, 0.3) is 0 Å². The number of amides is 3. The van der Waals surface area contributed by atoms with Crippen LogP contribution >= 0.6 is 0 Å². The molecular formula is C26H22N4O8. The molecule has 3 amide bonds. The molecule has 38 heavy (non-hydrogen) atoms. The van der Waals surface area contributed by atoms with Crippen molar-refractivity contribution >= 4 is 35.1 Å². The summed E-state index contributed by atoms with van der Waals surface area (Å²) < 4.78 is 10.7. The number of esters is 1. The summed E-state index contributed by atoms with van der Waals surface area (Å²) in [7, 11) is 0. The van der Waals surface area contributed by atoms with Gasteiger partial charge in [0.2, 0.25) is 5.91 Å². The van der Waals surface area contributed by atoms with E-state index in [1.54, 1.807) is 24.3 Å². The number of carbonyl (C=O) groups is 4. The maximum absolute atomic E-state index is 12.4. The van der Waals surface area contributed by atoms with Crippen molar-refractivity contribution in [2.24, 2.45) is 5.92 Å². The maximum Gasteiger partial charge on any atom is 0.311 e. The van der Waals surface area contributed by atoms with Gasteiger partial charge in [0.15, 0.2) is 6.61 Å². The highest BCUT2D eigenvalue weighted by molar-refractivity contribution is 5.97. The van der Waals surface area contributed by atoms with E-state index in [1.807, 2.05) is 30.3 Å². The predicted molar refractivity (Wildman–Crippen MR) is 133 cm³/mol. The Morgan fingerprint density at radius 2 is 1.61 bits per heavy atom. The molecule has 194 valence electrons. The molecule has 0 aliphatic carbocycles. The topological polar surface area (TPSA) is 157 Å². The quantitative estimate of drug-likeness (QED) is 0.249. The molecule has 0 spiro atoms. The lowest BCUT2D eigenvalue weighted by molar-refractivity contribution is -0.384. The summed E-state index contributed by atoms with van der Waals surface area (Å²) in [6, 6.07) is 20.7. The van der Waals surface area contributed by atoms with E-state index in [9.17, 15) is 29.3 Å². The van der Waals surface area contributed by atoms with Crippen LogP contribution in [0.5, 0.6) is 11.5 Å². The monoisotopic (exact) mass is 518 g/mol. The molecule has 0 unspecified atom stereocenters. The summed E-state index contributed by atoms with van der Waals surface area (Å²) in [6.07, 6.45) is -0.204. The van der Waals surface area contributed by atoms with Crippen molar-refractivity contribution in [1.82, 2.24) is 10.4 Å². The SMILES string of the molecule is O=C(COC(=O)[C@@H]1CC(=O)N(NC(=O)c2ccc([N+](=O)[O-])cc2)C1)Nc1ccc(Oc2ccccc2)cc1. The number of hydrogen-bond acceptors (Lipinski definition) is 8. The molecular weight excluding hydrogens is 496 g/mol. The van der Waals surface area contributed by atoms with Gasteiger partial charge in [0.1, 0.15) is 11.5 Å². The van der Waals surface area contributed by atoms with Crippen molar-refractivity contribution in [2.75, 3.05) is 18.5 Å². The van der Waals surface area contributed by atoms with Crippen molar-refractivity contribution in [1.29, 1.82) is 0 Å². The van der Waals surface area contributed by atoms with Crippen LogP contribution in [-0.4, -0.2) is 46.8 Å². The first-order valence-electron chi connectivity index (χ1n) is 11.4. The van der Waals surface area contributed by atoms with Crippen molar-refractivity contribution in [3.05, 3.63) is 94.5 Å². The first-order chi connectivity index (χ1) is 18.3. The van der Waals surface area contributed by atoms with Crippen LogP contribution in [0.2, 0.25) is 0 Å². The number of anilines is 1. The molecule has 1 fully saturated rings. The van der Waals surface area contributed by atoms with Gasteiger partial charge in [-0.05, 0) is 48.5 Å². The molecule has 0 bridgehead atoms. The van der Waals surface area contributed by atoms with Gasteiger partial charge in [0.25, 0.3) is 17.5 Å². The lowest BCUT2D eigenvalue weighted by Gasteiger charge is -2.17. The zero-order valence-corrected chi connectivity index (χ0v) is 19.9.